The van der Waals surface area contributed by atoms with E-state index in [4.69, 9.17) is 11.6 Å². The Bertz CT molecular complexity index is 571. The van der Waals surface area contributed by atoms with Gasteiger partial charge in [0.1, 0.15) is 5.75 Å². The van der Waals surface area contributed by atoms with E-state index in [1.54, 1.807) is 30.0 Å². The lowest BCUT2D eigenvalue weighted by molar-refractivity contribution is 0.460. The van der Waals surface area contributed by atoms with Gasteiger partial charge >= 0.3 is 0 Å². The van der Waals surface area contributed by atoms with E-state index < -0.39 is 0 Å². The predicted octanol–water partition coefficient (Wildman–Crippen LogP) is 4.62. The number of phenolic OH excluding ortho intramolecular Hbond substituents is 1. The van der Waals surface area contributed by atoms with Crippen LogP contribution in [0.25, 0.3) is 0 Å². The van der Waals surface area contributed by atoms with Crippen molar-refractivity contribution < 1.29 is 5.11 Å². The number of rotatable bonds is 5. The Morgan fingerprint density at radius 2 is 1.90 bits per heavy atom. The Kier molecular flexibility index (Phi) is 5.35. The quantitative estimate of drug-likeness (QED) is 0.791. The van der Waals surface area contributed by atoms with Gasteiger partial charge < -0.3 is 10.4 Å². The average molecular weight is 308 g/mol. The van der Waals surface area contributed by atoms with Gasteiger partial charge in [-0.1, -0.05) is 23.7 Å². The van der Waals surface area contributed by atoms with Gasteiger partial charge in [0, 0.05) is 28.1 Å². The molecular formula is C16H18ClNOS. The fourth-order valence-corrected chi connectivity index (χ4v) is 2.57. The number of phenols is 1. The first-order valence-electron chi connectivity index (χ1n) is 6.45. The van der Waals surface area contributed by atoms with Crippen molar-refractivity contribution in [1.29, 1.82) is 0 Å². The van der Waals surface area contributed by atoms with Crippen LogP contribution in [0.1, 0.15) is 24.1 Å². The number of nitrogens with one attached hydrogen (secondary N) is 1. The first kappa shape index (κ1) is 15.2. The highest BCUT2D eigenvalue weighted by molar-refractivity contribution is 7.98. The van der Waals surface area contributed by atoms with Crippen molar-refractivity contribution in [2.75, 3.05) is 6.26 Å². The Morgan fingerprint density at radius 3 is 2.55 bits per heavy atom. The molecule has 0 aromatic heterocycles. The molecule has 0 aliphatic heterocycles. The molecule has 0 saturated heterocycles. The molecule has 2 aromatic rings. The molecular weight excluding hydrogens is 290 g/mol. The summed E-state index contributed by atoms with van der Waals surface area (Å²) in [6.45, 7) is 2.69. The summed E-state index contributed by atoms with van der Waals surface area (Å²) in [5, 5.41) is 13.8. The van der Waals surface area contributed by atoms with Crippen LogP contribution in [0.15, 0.2) is 47.4 Å². The van der Waals surface area contributed by atoms with Gasteiger partial charge in [0.15, 0.2) is 0 Å². The van der Waals surface area contributed by atoms with Gasteiger partial charge in [0.05, 0.1) is 0 Å². The van der Waals surface area contributed by atoms with Gasteiger partial charge in [-0.25, -0.2) is 0 Å². The van der Waals surface area contributed by atoms with E-state index in [0.717, 1.165) is 5.56 Å². The van der Waals surface area contributed by atoms with E-state index in [0.29, 0.717) is 11.6 Å². The van der Waals surface area contributed by atoms with Gasteiger partial charge in [0.2, 0.25) is 0 Å². The second-order valence-corrected chi connectivity index (χ2v) is 5.96. The minimum Gasteiger partial charge on any atom is -0.508 e. The Morgan fingerprint density at radius 1 is 1.20 bits per heavy atom. The molecule has 106 valence electrons. The molecule has 4 heteroatoms. The van der Waals surface area contributed by atoms with Crippen LogP contribution >= 0.6 is 23.4 Å². The molecule has 20 heavy (non-hydrogen) atoms. The highest BCUT2D eigenvalue weighted by atomic mass is 35.5. The third-order valence-corrected chi connectivity index (χ3v) is 4.23. The van der Waals surface area contributed by atoms with E-state index in [1.165, 1.54) is 10.5 Å². The van der Waals surface area contributed by atoms with Crippen molar-refractivity contribution in [2.45, 2.75) is 24.4 Å². The standard InChI is InChI=1S/C16H18ClNOS/c1-11(12-3-6-15(20-2)7-4-12)18-10-13-9-14(17)5-8-16(13)19/h3-9,11,18-19H,10H2,1-2H3. The van der Waals surface area contributed by atoms with Gasteiger partial charge in [-0.2, -0.15) is 0 Å². The molecule has 0 radical (unpaired) electrons. The lowest BCUT2D eigenvalue weighted by atomic mass is 10.1. The number of aromatic hydroxyl groups is 1. The molecule has 0 saturated carbocycles. The minimum absolute atomic E-state index is 0.212. The number of hydrogen-bond donors (Lipinski definition) is 2. The molecule has 0 fully saturated rings. The summed E-state index contributed by atoms with van der Waals surface area (Å²) >= 11 is 7.68. The summed E-state index contributed by atoms with van der Waals surface area (Å²) in [5.74, 6) is 0.270. The number of benzene rings is 2. The lowest BCUT2D eigenvalue weighted by Gasteiger charge is -2.15. The molecule has 2 aromatic carbocycles. The molecule has 2 rings (SSSR count). The maximum Gasteiger partial charge on any atom is 0.120 e. The first-order chi connectivity index (χ1) is 9.60. The van der Waals surface area contributed by atoms with Crippen LogP contribution in [0.5, 0.6) is 5.75 Å². The van der Waals surface area contributed by atoms with Gasteiger partial charge in [0.25, 0.3) is 0 Å². The van der Waals surface area contributed by atoms with E-state index in [-0.39, 0.29) is 11.8 Å². The van der Waals surface area contributed by atoms with Crippen LogP contribution in [0.4, 0.5) is 0 Å². The van der Waals surface area contributed by atoms with E-state index >= 15 is 0 Å². The largest absolute Gasteiger partial charge is 0.508 e. The number of thioether (sulfide) groups is 1. The fourth-order valence-electron chi connectivity index (χ4n) is 1.97. The topological polar surface area (TPSA) is 32.3 Å². The maximum absolute atomic E-state index is 9.79. The molecule has 0 heterocycles. The normalized spacial score (nSPS) is 12.3. The Hall–Kier alpha value is -1.16. The molecule has 1 unspecified atom stereocenters. The average Bonchev–Trinajstić information content (AvgIpc) is 2.48. The van der Waals surface area contributed by atoms with Crippen LogP contribution in [0.2, 0.25) is 5.02 Å². The van der Waals surface area contributed by atoms with Crippen molar-refractivity contribution >= 4 is 23.4 Å². The second-order valence-electron chi connectivity index (χ2n) is 4.65. The molecule has 2 nitrogen and oxygen atoms in total. The van der Waals surface area contributed by atoms with Crippen molar-refractivity contribution in [1.82, 2.24) is 5.32 Å². The molecule has 0 aliphatic carbocycles. The van der Waals surface area contributed by atoms with Crippen LogP contribution < -0.4 is 5.32 Å². The van der Waals surface area contributed by atoms with Crippen molar-refractivity contribution in [3.05, 3.63) is 58.6 Å². The van der Waals surface area contributed by atoms with Crippen molar-refractivity contribution in [3.8, 4) is 5.75 Å². The Labute approximate surface area is 129 Å². The zero-order valence-electron chi connectivity index (χ0n) is 11.6. The summed E-state index contributed by atoms with van der Waals surface area (Å²) < 4.78 is 0. The minimum atomic E-state index is 0.212. The van der Waals surface area contributed by atoms with Crippen LogP contribution in [-0.2, 0) is 6.54 Å². The second kappa shape index (κ2) is 7.02. The summed E-state index contributed by atoms with van der Waals surface area (Å²) in [6.07, 6.45) is 2.07. The SMILES string of the molecule is CSc1ccc(C(C)NCc2cc(Cl)ccc2O)cc1. The lowest BCUT2D eigenvalue weighted by Crippen LogP contribution is -2.18. The summed E-state index contributed by atoms with van der Waals surface area (Å²) in [4.78, 5) is 1.26. The van der Waals surface area contributed by atoms with Crippen LogP contribution in [-0.4, -0.2) is 11.4 Å². The fraction of sp³-hybridized carbons (Fsp3) is 0.250. The van der Waals surface area contributed by atoms with E-state index in [2.05, 4.69) is 42.8 Å². The molecule has 0 spiro atoms. The van der Waals surface area contributed by atoms with Gasteiger partial charge in [-0.05, 0) is 49.1 Å². The molecule has 2 N–H and O–H groups in total. The molecule has 0 amide bonds. The Balaban J connectivity index is 2.00. The third-order valence-electron chi connectivity index (χ3n) is 3.26. The molecule has 0 aliphatic rings. The highest BCUT2D eigenvalue weighted by Crippen LogP contribution is 2.23. The highest BCUT2D eigenvalue weighted by Gasteiger charge is 2.07. The monoisotopic (exact) mass is 307 g/mol. The van der Waals surface area contributed by atoms with Gasteiger partial charge in [-0.15, -0.1) is 11.8 Å². The van der Waals surface area contributed by atoms with Crippen molar-refractivity contribution in [2.24, 2.45) is 0 Å². The van der Waals surface area contributed by atoms with Crippen LogP contribution in [0.3, 0.4) is 0 Å². The summed E-state index contributed by atoms with van der Waals surface area (Å²) in [7, 11) is 0. The predicted molar refractivity (Wildman–Crippen MR) is 86.6 cm³/mol. The number of hydrogen-bond acceptors (Lipinski definition) is 3. The summed E-state index contributed by atoms with van der Waals surface area (Å²) in [6, 6.07) is 13.8. The van der Waals surface area contributed by atoms with E-state index in [9.17, 15) is 5.11 Å². The summed E-state index contributed by atoms with van der Waals surface area (Å²) in [5.41, 5.74) is 2.04. The van der Waals surface area contributed by atoms with Gasteiger partial charge in [-0.3, -0.25) is 0 Å². The molecule has 0 bridgehead atoms. The molecule has 1 atom stereocenters. The maximum atomic E-state index is 9.79. The van der Waals surface area contributed by atoms with E-state index in [1.807, 2.05) is 0 Å². The smallest absolute Gasteiger partial charge is 0.120 e. The third kappa shape index (κ3) is 3.92. The first-order valence-corrected chi connectivity index (χ1v) is 8.05. The van der Waals surface area contributed by atoms with Crippen LogP contribution in [0, 0.1) is 0 Å². The van der Waals surface area contributed by atoms with Crippen molar-refractivity contribution in [3.63, 3.8) is 0 Å². The zero-order valence-corrected chi connectivity index (χ0v) is 13.1. The zero-order chi connectivity index (χ0) is 14.5. The number of halogens is 1.